The Bertz CT molecular complexity index is 121. The summed E-state index contributed by atoms with van der Waals surface area (Å²) >= 11 is 0. The quantitative estimate of drug-likeness (QED) is 0.625. The van der Waals surface area contributed by atoms with Crippen LogP contribution in [0.3, 0.4) is 0 Å². The molecule has 0 aromatic heterocycles. The SMILES string of the molecule is CCN(CC)C1CC(C(C)C)C1. The molecular formula is C11H23N. The van der Waals surface area contributed by atoms with E-state index in [2.05, 4.69) is 32.6 Å². The molecule has 0 saturated heterocycles. The highest BCUT2D eigenvalue weighted by Crippen LogP contribution is 2.36. The molecule has 0 unspecified atom stereocenters. The molecule has 0 aromatic rings. The molecule has 1 saturated carbocycles. The summed E-state index contributed by atoms with van der Waals surface area (Å²) in [4.78, 5) is 2.60. The minimum atomic E-state index is 0.900. The third kappa shape index (κ3) is 2.01. The van der Waals surface area contributed by atoms with Gasteiger partial charge in [0, 0.05) is 6.04 Å². The summed E-state index contributed by atoms with van der Waals surface area (Å²) < 4.78 is 0. The summed E-state index contributed by atoms with van der Waals surface area (Å²) in [7, 11) is 0. The topological polar surface area (TPSA) is 3.24 Å². The number of hydrogen-bond donors (Lipinski definition) is 0. The van der Waals surface area contributed by atoms with Gasteiger partial charge in [-0.2, -0.15) is 0 Å². The van der Waals surface area contributed by atoms with Crippen LogP contribution in [0.25, 0.3) is 0 Å². The molecule has 0 aliphatic heterocycles. The summed E-state index contributed by atoms with van der Waals surface area (Å²) in [6.45, 7) is 11.7. The van der Waals surface area contributed by atoms with E-state index in [0.717, 1.165) is 17.9 Å². The average molecular weight is 169 g/mol. The maximum atomic E-state index is 2.60. The van der Waals surface area contributed by atoms with Gasteiger partial charge in [0.05, 0.1) is 0 Å². The van der Waals surface area contributed by atoms with Crippen molar-refractivity contribution in [2.45, 2.75) is 46.6 Å². The monoisotopic (exact) mass is 169 g/mol. The van der Waals surface area contributed by atoms with Gasteiger partial charge in [-0.25, -0.2) is 0 Å². The second-order valence-corrected chi connectivity index (χ2v) is 4.35. The molecule has 1 nitrogen and oxygen atoms in total. The minimum Gasteiger partial charge on any atom is -0.301 e. The van der Waals surface area contributed by atoms with Crippen molar-refractivity contribution in [3.05, 3.63) is 0 Å². The Labute approximate surface area is 77.1 Å². The van der Waals surface area contributed by atoms with E-state index in [4.69, 9.17) is 0 Å². The summed E-state index contributed by atoms with van der Waals surface area (Å²) in [5, 5.41) is 0. The first kappa shape index (κ1) is 10.0. The van der Waals surface area contributed by atoms with Crippen LogP contribution in [0.2, 0.25) is 0 Å². The molecule has 72 valence electrons. The molecule has 1 aliphatic rings. The van der Waals surface area contributed by atoms with Gasteiger partial charge in [0.2, 0.25) is 0 Å². The van der Waals surface area contributed by atoms with E-state index < -0.39 is 0 Å². The van der Waals surface area contributed by atoms with Crippen molar-refractivity contribution in [3.8, 4) is 0 Å². The highest BCUT2D eigenvalue weighted by Gasteiger charge is 2.33. The Kier molecular flexibility index (Phi) is 3.57. The Balaban J connectivity index is 2.23. The van der Waals surface area contributed by atoms with Crippen LogP contribution >= 0.6 is 0 Å². The van der Waals surface area contributed by atoms with Crippen LogP contribution < -0.4 is 0 Å². The van der Waals surface area contributed by atoms with Gasteiger partial charge in [-0.05, 0) is 37.8 Å². The van der Waals surface area contributed by atoms with Crippen LogP contribution in [0, 0.1) is 11.8 Å². The third-order valence-corrected chi connectivity index (χ3v) is 3.42. The van der Waals surface area contributed by atoms with Crippen LogP contribution in [0.4, 0.5) is 0 Å². The Morgan fingerprint density at radius 2 is 1.67 bits per heavy atom. The Morgan fingerprint density at radius 1 is 1.17 bits per heavy atom. The maximum Gasteiger partial charge on any atom is 0.0100 e. The molecular weight excluding hydrogens is 146 g/mol. The van der Waals surface area contributed by atoms with Crippen molar-refractivity contribution >= 4 is 0 Å². The predicted molar refractivity (Wildman–Crippen MR) is 54.3 cm³/mol. The van der Waals surface area contributed by atoms with E-state index in [-0.39, 0.29) is 0 Å². The van der Waals surface area contributed by atoms with Gasteiger partial charge in [-0.15, -0.1) is 0 Å². The summed E-state index contributed by atoms with van der Waals surface area (Å²) in [6.07, 6.45) is 2.89. The van der Waals surface area contributed by atoms with E-state index in [0.29, 0.717) is 0 Å². The molecule has 12 heavy (non-hydrogen) atoms. The van der Waals surface area contributed by atoms with Crippen molar-refractivity contribution in [2.75, 3.05) is 13.1 Å². The zero-order valence-corrected chi connectivity index (χ0v) is 9.01. The zero-order chi connectivity index (χ0) is 9.14. The second-order valence-electron chi connectivity index (χ2n) is 4.35. The summed E-state index contributed by atoms with van der Waals surface area (Å²) in [5.41, 5.74) is 0. The van der Waals surface area contributed by atoms with Crippen LogP contribution in [-0.2, 0) is 0 Å². The largest absolute Gasteiger partial charge is 0.301 e. The smallest absolute Gasteiger partial charge is 0.0100 e. The van der Waals surface area contributed by atoms with Gasteiger partial charge in [-0.3, -0.25) is 0 Å². The fraction of sp³-hybridized carbons (Fsp3) is 1.00. The predicted octanol–water partition coefficient (Wildman–Crippen LogP) is 2.76. The van der Waals surface area contributed by atoms with Crippen molar-refractivity contribution in [1.29, 1.82) is 0 Å². The molecule has 1 fully saturated rings. The zero-order valence-electron chi connectivity index (χ0n) is 9.01. The van der Waals surface area contributed by atoms with Crippen molar-refractivity contribution < 1.29 is 0 Å². The lowest BCUT2D eigenvalue weighted by Crippen LogP contribution is -2.45. The van der Waals surface area contributed by atoms with Crippen LogP contribution in [0.1, 0.15) is 40.5 Å². The first-order valence-corrected chi connectivity index (χ1v) is 5.43. The van der Waals surface area contributed by atoms with Gasteiger partial charge >= 0.3 is 0 Å². The fourth-order valence-electron chi connectivity index (χ4n) is 2.21. The lowest BCUT2D eigenvalue weighted by Gasteiger charge is -2.44. The van der Waals surface area contributed by atoms with E-state index >= 15 is 0 Å². The Morgan fingerprint density at radius 3 is 2.00 bits per heavy atom. The number of hydrogen-bond acceptors (Lipinski definition) is 1. The first-order valence-electron chi connectivity index (χ1n) is 5.43. The van der Waals surface area contributed by atoms with Crippen LogP contribution in [0.15, 0.2) is 0 Å². The molecule has 1 heteroatoms. The normalized spacial score (nSPS) is 29.5. The lowest BCUT2D eigenvalue weighted by atomic mass is 9.73. The molecule has 0 bridgehead atoms. The van der Waals surface area contributed by atoms with Gasteiger partial charge in [0.25, 0.3) is 0 Å². The van der Waals surface area contributed by atoms with Crippen molar-refractivity contribution in [2.24, 2.45) is 11.8 Å². The van der Waals surface area contributed by atoms with Crippen molar-refractivity contribution in [3.63, 3.8) is 0 Å². The summed E-state index contributed by atoms with van der Waals surface area (Å²) in [5.74, 6) is 1.91. The van der Waals surface area contributed by atoms with E-state index in [9.17, 15) is 0 Å². The first-order chi connectivity index (χ1) is 5.69. The number of nitrogens with zero attached hydrogens (tertiary/aromatic N) is 1. The van der Waals surface area contributed by atoms with Gasteiger partial charge < -0.3 is 4.90 Å². The molecule has 1 aliphatic carbocycles. The highest BCUT2D eigenvalue weighted by atomic mass is 15.2. The highest BCUT2D eigenvalue weighted by molar-refractivity contribution is 4.87. The number of rotatable bonds is 4. The molecule has 0 aromatic carbocycles. The van der Waals surface area contributed by atoms with E-state index in [1.165, 1.54) is 25.9 Å². The van der Waals surface area contributed by atoms with Gasteiger partial charge in [0.1, 0.15) is 0 Å². The molecule has 1 rings (SSSR count). The summed E-state index contributed by atoms with van der Waals surface area (Å²) in [6, 6.07) is 0.910. The minimum absolute atomic E-state index is 0.900. The molecule has 0 N–H and O–H groups in total. The van der Waals surface area contributed by atoms with Crippen LogP contribution in [0.5, 0.6) is 0 Å². The molecule has 0 amide bonds. The average Bonchev–Trinajstić information content (AvgIpc) is 1.94. The molecule has 0 radical (unpaired) electrons. The standard InChI is InChI=1S/C11H23N/c1-5-12(6-2)11-7-10(8-11)9(3)4/h9-11H,5-8H2,1-4H3. The third-order valence-electron chi connectivity index (χ3n) is 3.42. The lowest BCUT2D eigenvalue weighted by molar-refractivity contribution is 0.0632. The molecule has 0 heterocycles. The van der Waals surface area contributed by atoms with Crippen molar-refractivity contribution in [1.82, 2.24) is 4.90 Å². The van der Waals surface area contributed by atoms with Gasteiger partial charge in [-0.1, -0.05) is 27.7 Å². The van der Waals surface area contributed by atoms with Crippen LogP contribution in [-0.4, -0.2) is 24.0 Å². The second kappa shape index (κ2) is 4.27. The molecule has 0 atom stereocenters. The fourth-order valence-corrected chi connectivity index (χ4v) is 2.21. The van der Waals surface area contributed by atoms with E-state index in [1.54, 1.807) is 0 Å². The van der Waals surface area contributed by atoms with Gasteiger partial charge in [0.15, 0.2) is 0 Å². The molecule has 0 spiro atoms. The Hall–Kier alpha value is -0.0400. The maximum absolute atomic E-state index is 2.60. The van der Waals surface area contributed by atoms with E-state index in [1.807, 2.05) is 0 Å².